The SMILES string of the molecule is CC(=O)C[C@@H]1O[C@H](COCc2ccccc2)[C@@H](OCc2ccccc2)[C@H](OCc2ccccc2)[C@H]1OCc1ccccc1. The van der Waals surface area contributed by atoms with Gasteiger partial charge in [-0.15, -0.1) is 0 Å². The minimum atomic E-state index is -0.543. The third-order valence-corrected chi connectivity index (χ3v) is 7.47. The number of ketones is 1. The van der Waals surface area contributed by atoms with Gasteiger partial charge in [0.05, 0.1) is 39.1 Å². The van der Waals surface area contributed by atoms with Crippen LogP contribution in [0.25, 0.3) is 0 Å². The van der Waals surface area contributed by atoms with Crippen LogP contribution >= 0.6 is 0 Å². The van der Waals surface area contributed by atoms with E-state index in [1.807, 2.05) is 121 Å². The zero-order chi connectivity index (χ0) is 29.7. The van der Waals surface area contributed by atoms with Gasteiger partial charge < -0.3 is 23.7 Å². The summed E-state index contributed by atoms with van der Waals surface area (Å²) in [5.74, 6) is 0.0210. The number of hydrogen-bond acceptors (Lipinski definition) is 6. The molecule has 6 heteroatoms. The van der Waals surface area contributed by atoms with Crippen molar-refractivity contribution in [3.63, 3.8) is 0 Å². The van der Waals surface area contributed by atoms with E-state index < -0.39 is 30.5 Å². The summed E-state index contributed by atoms with van der Waals surface area (Å²) in [6, 6.07) is 40.1. The van der Waals surface area contributed by atoms with Gasteiger partial charge in [-0.2, -0.15) is 0 Å². The second-order valence-corrected chi connectivity index (χ2v) is 10.9. The van der Waals surface area contributed by atoms with E-state index >= 15 is 0 Å². The Morgan fingerprint density at radius 2 is 0.907 bits per heavy atom. The molecule has 0 bridgehead atoms. The highest BCUT2D eigenvalue weighted by Crippen LogP contribution is 2.32. The zero-order valence-corrected chi connectivity index (χ0v) is 24.6. The summed E-state index contributed by atoms with van der Waals surface area (Å²) in [6.07, 6.45) is -2.37. The van der Waals surface area contributed by atoms with Crippen molar-refractivity contribution in [2.75, 3.05) is 6.61 Å². The molecule has 0 aliphatic carbocycles. The van der Waals surface area contributed by atoms with Crippen molar-refractivity contribution < 1.29 is 28.5 Å². The van der Waals surface area contributed by atoms with Gasteiger partial charge in [0, 0.05) is 6.42 Å². The van der Waals surface area contributed by atoms with E-state index in [2.05, 4.69) is 0 Å². The van der Waals surface area contributed by atoms with E-state index in [1.54, 1.807) is 6.92 Å². The van der Waals surface area contributed by atoms with E-state index in [9.17, 15) is 4.79 Å². The van der Waals surface area contributed by atoms with Crippen LogP contribution in [0.4, 0.5) is 0 Å². The van der Waals surface area contributed by atoms with Crippen molar-refractivity contribution in [3.8, 4) is 0 Å². The zero-order valence-electron chi connectivity index (χ0n) is 24.6. The summed E-state index contributed by atoms with van der Waals surface area (Å²) >= 11 is 0. The molecule has 1 saturated heterocycles. The second kappa shape index (κ2) is 16.3. The third kappa shape index (κ3) is 9.42. The Morgan fingerprint density at radius 1 is 0.535 bits per heavy atom. The molecule has 0 amide bonds. The topological polar surface area (TPSA) is 63.2 Å². The molecule has 1 aliphatic heterocycles. The average molecular weight is 581 g/mol. The lowest BCUT2D eigenvalue weighted by molar-refractivity contribution is -0.272. The molecular formula is C37H40O6. The van der Waals surface area contributed by atoms with Crippen molar-refractivity contribution in [2.24, 2.45) is 0 Å². The Balaban J connectivity index is 1.42. The molecule has 0 N–H and O–H groups in total. The van der Waals surface area contributed by atoms with Crippen LogP contribution in [0.3, 0.4) is 0 Å². The Morgan fingerprint density at radius 3 is 1.33 bits per heavy atom. The number of carbonyl (C=O) groups excluding carboxylic acids is 1. The summed E-state index contributed by atoms with van der Waals surface area (Å²) in [4.78, 5) is 12.5. The van der Waals surface area contributed by atoms with Crippen molar-refractivity contribution in [1.29, 1.82) is 0 Å². The average Bonchev–Trinajstić information content (AvgIpc) is 3.04. The van der Waals surface area contributed by atoms with Gasteiger partial charge in [0.15, 0.2) is 0 Å². The molecule has 0 aromatic heterocycles. The highest BCUT2D eigenvalue weighted by Gasteiger charge is 2.48. The van der Waals surface area contributed by atoms with Crippen LogP contribution in [0, 0.1) is 0 Å². The maximum absolute atomic E-state index is 12.5. The van der Waals surface area contributed by atoms with Crippen molar-refractivity contribution >= 4 is 5.78 Å². The first-order chi connectivity index (χ1) is 21.2. The lowest BCUT2D eigenvalue weighted by Crippen LogP contribution is -2.61. The molecule has 6 nitrogen and oxygen atoms in total. The van der Waals surface area contributed by atoms with Crippen LogP contribution < -0.4 is 0 Å². The molecule has 5 atom stereocenters. The van der Waals surface area contributed by atoms with Gasteiger partial charge in [-0.3, -0.25) is 4.79 Å². The number of benzene rings is 4. The molecule has 4 aromatic carbocycles. The Kier molecular flexibility index (Phi) is 11.6. The Labute approximate surface area is 254 Å². The molecule has 0 saturated carbocycles. The normalized spacial score (nSPS) is 21.8. The van der Waals surface area contributed by atoms with Crippen LogP contribution in [-0.4, -0.2) is 42.9 Å². The molecule has 43 heavy (non-hydrogen) atoms. The first-order valence-electron chi connectivity index (χ1n) is 14.9. The van der Waals surface area contributed by atoms with E-state index in [0.717, 1.165) is 22.3 Å². The smallest absolute Gasteiger partial charge is 0.132 e. The van der Waals surface area contributed by atoms with Gasteiger partial charge >= 0.3 is 0 Å². The van der Waals surface area contributed by atoms with Gasteiger partial charge in [-0.05, 0) is 29.2 Å². The number of ether oxygens (including phenoxy) is 5. The summed E-state index contributed by atoms with van der Waals surface area (Å²) in [5.41, 5.74) is 4.18. The van der Waals surface area contributed by atoms with Crippen LogP contribution in [0.15, 0.2) is 121 Å². The summed E-state index contributed by atoms with van der Waals surface area (Å²) in [7, 11) is 0. The third-order valence-electron chi connectivity index (χ3n) is 7.47. The first-order valence-corrected chi connectivity index (χ1v) is 14.9. The van der Waals surface area contributed by atoms with E-state index in [1.165, 1.54) is 0 Å². The molecule has 0 spiro atoms. The standard InChI is InChI=1S/C37H40O6/c1-28(38)22-33-35(40-24-30-16-8-3-9-17-30)37(42-26-32-20-12-5-13-21-32)36(41-25-31-18-10-4-11-19-31)34(43-33)27-39-23-29-14-6-2-7-15-29/h2-21,33-37H,22-27H2,1H3/t33-,34+,35-,36+,37+/m0/s1. The molecule has 0 unspecified atom stereocenters. The van der Waals surface area contributed by atoms with Crippen LogP contribution in [0.1, 0.15) is 35.6 Å². The molecule has 1 aliphatic rings. The minimum Gasteiger partial charge on any atom is -0.374 e. The van der Waals surface area contributed by atoms with Crippen molar-refractivity contribution in [1.82, 2.24) is 0 Å². The monoisotopic (exact) mass is 580 g/mol. The van der Waals surface area contributed by atoms with Gasteiger partial charge in [-0.25, -0.2) is 0 Å². The highest BCUT2D eigenvalue weighted by molar-refractivity contribution is 5.76. The van der Waals surface area contributed by atoms with Gasteiger partial charge in [-0.1, -0.05) is 121 Å². The number of Topliss-reactive ketones (excluding diaryl/α,β-unsaturated/α-hetero) is 1. The quantitative estimate of drug-likeness (QED) is 0.156. The molecule has 0 radical (unpaired) electrons. The summed E-state index contributed by atoms with van der Waals surface area (Å²) in [5, 5.41) is 0. The maximum Gasteiger partial charge on any atom is 0.132 e. The number of carbonyl (C=O) groups is 1. The molecule has 1 heterocycles. The summed E-state index contributed by atoms with van der Waals surface area (Å²) in [6.45, 7) is 3.39. The molecule has 224 valence electrons. The minimum absolute atomic E-state index is 0.0210. The molecule has 1 fully saturated rings. The largest absolute Gasteiger partial charge is 0.374 e. The van der Waals surface area contributed by atoms with E-state index in [4.69, 9.17) is 23.7 Å². The van der Waals surface area contributed by atoms with E-state index in [0.29, 0.717) is 26.4 Å². The van der Waals surface area contributed by atoms with Gasteiger partial charge in [0.2, 0.25) is 0 Å². The van der Waals surface area contributed by atoms with Crippen LogP contribution in [0.5, 0.6) is 0 Å². The lowest BCUT2D eigenvalue weighted by atomic mass is 9.91. The van der Waals surface area contributed by atoms with Gasteiger partial charge in [0.25, 0.3) is 0 Å². The lowest BCUT2D eigenvalue weighted by Gasteiger charge is -2.46. The summed E-state index contributed by atoms with van der Waals surface area (Å²) < 4.78 is 32.7. The second-order valence-electron chi connectivity index (χ2n) is 10.9. The molecule has 4 aromatic rings. The Hall–Kier alpha value is -3.65. The van der Waals surface area contributed by atoms with Crippen molar-refractivity contribution in [3.05, 3.63) is 144 Å². The van der Waals surface area contributed by atoms with Crippen LogP contribution in [0.2, 0.25) is 0 Å². The maximum atomic E-state index is 12.5. The molecular weight excluding hydrogens is 540 g/mol. The Bertz CT molecular complexity index is 1350. The van der Waals surface area contributed by atoms with Crippen molar-refractivity contribution in [2.45, 2.75) is 70.3 Å². The fourth-order valence-electron chi connectivity index (χ4n) is 5.33. The number of hydrogen-bond donors (Lipinski definition) is 0. The van der Waals surface area contributed by atoms with Gasteiger partial charge in [0.1, 0.15) is 30.2 Å². The number of rotatable bonds is 15. The molecule has 5 rings (SSSR count). The predicted octanol–water partition coefficient (Wildman–Crippen LogP) is 6.71. The fourth-order valence-corrected chi connectivity index (χ4v) is 5.33. The fraction of sp³-hybridized carbons (Fsp3) is 0.324. The predicted molar refractivity (Wildman–Crippen MR) is 165 cm³/mol. The van der Waals surface area contributed by atoms with Crippen LogP contribution in [-0.2, 0) is 54.9 Å². The first kappa shape index (κ1) is 30.8. The highest BCUT2D eigenvalue weighted by atomic mass is 16.6. The van der Waals surface area contributed by atoms with E-state index in [-0.39, 0.29) is 18.8 Å².